The average Bonchev–Trinajstić information content (AvgIpc) is 2.46. The minimum atomic E-state index is -0.872. The molecule has 1 aliphatic heterocycles. The number of carboxylic acid groups (broad SMARTS) is 1. The summed E-state index contributed by atoms with van der Waals surface area (Å²) >= 11 is 1.28. The van der Waals surface area contributed by atoms with Crippen molar-refractivity contribution in [1.29, 1.82) is 0 Å². The summed E-state index contributed by atoms with van der Waals surface area (Å²) in [7, 11) is 0. The van der Waals surface area contributed by atoms with Gasteiger partial charge < -0.3 is 9.84 Å². The van der Waals surface area contributed by atoms with Crippen LogP contribution in [0.5, 0.6) is 0 Å². The van der Waals surface area contributed by atoms with Crippen LogP contribution in [0.15, 0.2) is 12.3 Å². The van der Waals surface area contributed by atoms with E-state index in [4.69, 9.17) is 9.84 Å². The summed E-state index contributed by atoms with van der Waals surface area (Å²) in [5.41, 5.74) is 0.958. The van der Waals surface area contributed by atoms with Crippen molar-refractivity contribution in [3.63, 3.8) is 0 Å². The molecule has 0 saturated heterocycles. The highest BCUT2D eigenvalue weighted by molar-refractivity contribution is 7.15. The Kier molecular flexibility index (Phi) is 1.62. The fraction of sp³-hybridized carbons (Fsp3) is 0.125. The first kappa shape index (κ1) is 7.36. The fourth-order valence-corrected chi connectivity index (χ4v) is 1.95. The average molecular weight is 182 g/mol. The van der Waals surface area contributed by atoms with E-state index >= 15 is 0 Å². The smallest absolute Gasteiger partial charge is 0.345 e. The Bertz CT molecular complexity index is 351. The Labute approximate surface area is 72.9 Å². The van der Waals surface area contributed by atoms with Gasteiger partial charge in [0.15, 0.2) is 0 Å². The summed E-state index contributed by atoms with van der Waals surface area (Å²) < 4.78 is 5.02. The molecule has 0 unspecified atom stereocenters. The van der Waals surface area contributed by atoms with E-state index in [-0.39, 0.29) is 0 Å². The monoisotopic (exact) mass is 182 g/mol. The van der Waals surface area contributed by atoms with Crippen molar-refractivity contribution >= 4 is 23.4 Å². The lowest BCUT2D eigenvalue weighted by Gasteiger charge is -2.04. The van der Waals surface area contributed by atoms with Crippen LogP contribution in [0.2, 0.25) is 0 Å². The summed E-state index contributed by atoms with van der Waals surface area (Å²) in [4.78, 5) is 11.9. The van der Waals surface area contributed by atoms with Gasteiger partial charge >= 0.3 is 5.97 Å². The van der Waals surface area contributed by atoms with Crippen molar-refractivity contribution in [3.8, 4) is 0 Å². The van der Waals surface area contributed by atoms with Crippen molar-refractivity contribution in [1.82, 2.24) is 0 Å². The molecule has 0 fully saturated rings. The molecule has 4 heteroatoms. The first-order chi connectivity index (χ1) is 5.77. The molecule has 0 atom stereocenters. The van der Waals surface area contributed by atoms with E-state index in [0.29, 0.717) is 11.5 Å². The topological polar surface area (TPSA) is 46.5 Å². The van der Waals surface area contributed by atoms with Crippen LogP contribution in [0.25, 0.3) is 6.08 Å². The Morgan fingerprint density at radius 3 is 3.17 bits per heavy atom. The minimum absolute atomic E-state index is 0.371. The number of aromatic carboxylic acids is 1. The van der Waals surface area contributed by atoms with Crippen LogP contribution in [-0.2, 0) is 11.3 Å². The minimum Gasteiger partial charge on any atom is -0.496 e. The van der Waals surface area contributed by atoms with Gasteiger partial charge in [-0.15, -0.1) is 11.3 Å². The SMILES string of the molecule is O=C(O)c1cc2c(s1)C=COC2. The third-order valence-electron chi connectivity index (χ3n) is 1.61. The molecule has 0 spiro atoms. The van der Waals surface area contributed by atoms with Gasteiger partial charge in [0.2, 0.25) is 0 Å². The predicted molar refractivity (Wildman–Crippen MR) is 45.1 cm³/mol. The Morgan fingerprint density at radius 2 is 2.50 bits per heavy atom. The zero-order valence-corrected chi connectivity index (χ0v) is 6.93. The molecule has 12 heavy (non-hydrogen) atoms. The van der Waals surface area contributed by atoms with Gasteiger partial charge in [-0.25, -0.2) is 4.79 Å². The summed E-state index contributed by atoms with van der Waals surface area (Å²) in [6.07, 6.45) is 3.38. The number of hydrogen-bond acceptors (Lipinski definition) is 3. The standard InChI is InChI=1S/C8H6O3S/c9-8(10)7-3-5-4-11-2-1-6(5)12-7/h1-3H,4H2,(H,9,10). The molecule has 3 nitrogen and oxygen atoms in total. The van der Waals surface area contributed by atoms with Gasteiger partial charge in [0.1, 0.15) is 11.5 Å². The molecule has 1 aromatic heterocycles. The molecule has 0 aliphatic carbocycles. The first-order valence-corrected chi connectivity index (χ1v) is 4.23. The van der Waals surface area contributed by atoms with Crippen LogP contribution >= 0.6 is 11.3 Å². The zero-order valence-electron chi connectivity index (χ0n) is 6.11. The molecule has 0 saturated carbocycles. The first-order valence-electron chi connectivity index (χ1n) is 3.41. The number of carbonyl (C=O) groups is 1. The number of rotatable bonds is 1. The van der Waals surface area contributed by atoms with E-state index in [1.165, 1.54) is 11.3 Å². The van der Waals surface area contributed by atoms with E-state index in [2.05, 4.69) is 0 Å². The van der Waals surface area contributed by atoms with Crippen molar-refractivity contribution < 1.29 is 14.6 Å². The van der Waals surface area contributed by atoms with E-state index < -0.39 is 5.97 Å². The highest BCUT2D eigenvalue weighted by Gasteiger charge is 2.13. The van der Waals surface area contributed by atoms with Crippen LogP contribution in [0.4, 0.5) is 0 Å². The maximum Gasteiger partial charge on any atom is 0.345 e. The second-order valence-corrected chi connectivity index (χ2v) is 3.50. The number of ether oxygens (including phenoxy) is 1. The van der Waals surface area contributed by atoms with Gasteiger partial charge in [0.25, 0.3) is 0 Å². The lowest BCUT2D eigenvalue weighted by atomic mass is 10.2. The normalized spacial score (nSPS) is 13.7. The number of thiophene rings is 1. The van der Waals surface area contributed by atoms with Crippen molar-refractivity contribution in [2.24, 2.45) is 0 Å². The van der Waals surface area contributed by atoms with Crippen molar-refractivity contribution in [2.75, 3.05) is 0 Å². The molecule has 0 radical (unpaired) electrons. The third kappa shape index (κ3) is 1.10. The van der Waals surface area contributed by atoms with Gasteiger partial charge in [-0.1, -0.05) is 0 Å². The van der Waals surface area contributed by atoms with Crippen LogP contribution in [0, 0.1) is 0 Å². The highest BCUT2D eigenvalue weighted by atomic mass is 32.1. The summed E-state index contributed by atoms with van der Waals surface area (Å²) in [5.74, 6) is -0.872. The van der Waals surface area contributed by atoms with Gasteiger partial charge in [-0.2, -0.15) is 0 Å². The highest BCUT2D eigenvalue weighted by Crippen LogP contribution is 2.27. The Hall–Kier alpha value is -1.29. The molecule has 1 aromatic rings. The number of hydrogen-bond donors (Lipinski definition) is 1. The van der Waals surface area contributed by atoms with E-state index in [1.807, 2.05) is 0 Å². The van der Waals surface area contributed by atoms with Crippen molar-refractivity contribution in [3.05, 3.63) is 27.6 Å². The maximum atomic E-state index is 10.6. The Morgan fingerprint density at radius 1 is 1.67 bits per heavy atom. The number of fused-ring (bicyclic) bond motifs is 1. The van der Waals surface area contributed by atoms with Gasteiger partial charge in [0, 0.05) is 10.4 Å². The van der Waals surface area contributed by atoms with E-state index in [9.17, 15) is 4.79 Å². The second-order valence-electron chi connectivity index (χ2n) is 2.42. The Balaban J connectivity index is 2.46. The summed E-state index contributed by atoms with van der Waals surface area (Å²) in [5, 5.41) is 8.68. The van der Waals surface area contributed by atoms with Crippen LogP contribution in [0.1, 0.15) is 20.1 Å². The van der Waals surface area contributed by atoms with Crippen molar-refractivity contribution in [2.45, 2.75) is 6.61 Å². The molecule has 2 heterocycles. The van der Waals surface area contributed by atoms with Gasteiger partial charge in [0.05, 0.1) is 6.26 Å². The van der Waals surface area contributed by atoms with E-state index in [1.54, 1.807) is 18.4 Å². The molecule has 0 bridgehead atoms. The van der Waals surface area contributed by atoms with Crippen LogP contribution < -0.4 is 0 Å². The van der Waals surface area contributed by atoms with Crippen LogP contribution in [-0.4, -0.2) is 11.1 Å². The largest absolute Gasteiger partial charge is 0.496 e. The quantitative estimate of drug-likeness (QED) is 0.722. The molecular weight excluding hydrogens is 176 g/mol. The fourth-order valence-electron chi connectivity index (χ4n) is 1.05. The van der Waals surface area contributed by atoms with Gasteiger partial charge in [-0.3, -0.25) is 0 Å². The zero-order chi connectivity index (χ0) is 8.55. The summed E-state index contributed by atoms with van der Waals surface area (Å²) in [6.45, 7) is 0.482. The number of carboxylic acids is 1. The molecule has 0 aromatic carbocycles. The molecule has 1 aliphatic rings. The molecule has 62 valence electrons. The molecule has 1 N–H and O–H groups in total. The molecular formula is C8H6O3S. The van der Waals surface area contributed by atoms with Crippen LogP contribution in [0.3, 0.4) is 0 Å². The lowest BCUT2D eigenvalue weighted by molar-refractivity contribution is 0.0702. The lowest BCUT2D eigenvalue weighted by Crippen LogP contribution is -1.92. The maximum absolute atomic E-state index is 10.6. The second kappa shape index (κ2) is 2.64. The summed E-state index contributed by atoms with van der Waals surface area (Å²) in [6, 6.07) is 1.66. The molecule has 0 amide bonds. The third-order valence-corrected chi connectivity index (χ3v) is 2.74. The van der Waals surface area contributed by atoms with Gasteiger partial charge in [-0.05, 0) is 12.1 Å². The molecule has 2 rings (SSSR count). The van der Waals surface area contributed by atoms with E-state index in [0.717, 1.165) is 10.4 Å². The predicted octanol–water partition coefficient (Wildman–Crippen LogP) is 1.95.